The highest BCUT2D eigenvalue weighted by atomic mass is 16.3. The van der Waals surface area contributed by atoms with E-state index in [1.54, 1.807) is 0 Å². The van der Waals surface area contributed by atoms with Crippen LogP contribution in [0.5, 0.6) is 0 Å². The minimum Gasteiger partial charge on any atom is -0.389 e. The fraction of sp³-hybridized carbons (Fsp3) is 0.517. The van der Waals surface area contributed by atoms with Gasteiger partial charge in [-0.25, -0.2) is 0 Å². The van der Waals surface area contributed by atoms with Gasteiger partial charge < -0.3 is 15.5 Å². The Bertz CT molecular complexity index is 983. The molecule has 2 fully saturated rings. The minimum atomic E-state index is -1.44. The van der Waals surface area contributed by atoms with Gasteiger partial charge in [0.1, 0.15) is 5.41 Å². The molecule has 8 atom stereocenters. The van der Waals surface area contributed by atoms with Gasteiger partial charge in [-0.05, 0) is 48.3 Å². The Morgan fingerprint density at radius 1 is 1.09 bits per heavy atom. The molecule has 0 aromatic heterocycles. The molecule has 3 N–H and O–H groups in total. The highest BCUT2D eigenvalue weighted by molar-refractivity contribution is 6.13. The number of hydrogen-bond acceptors (Lipinski definition) is 4. The molecule has 1 saturated heterocycles. The zero-order chi connectivity index (χ0) is 24.5. The maximum atomic E-state index is 13.9. The van der Waals surface area contributed by atoms with Crippen molar-refractivity contribution in [3.63, 3.8) is 0 Å². The lowest BCUT2D eigenvalue weighted by Gasteiger charge is -2.48. The molecule has 1 aromatic rings. The van der Waals surface area contributed by atoms with Gasteiger partial charge in [-0.3, -0.25) is 9.59 Å². The van der Waals surface area contributed by atoms with Crippen molar-refractivity contribution in [2.24, 2.45) is 29.1 Å². The molecule has 1 aliphatic heterocycles. The molecule has 1 amide bonds. The van der Waals surface area contributed by atoms with Crippen molar-refractivity contribution < 1.29 is 19.8 Å². The van der Waals surface area contributed by atoms with Crippen molar-refractivity contribution in [3.05, 3.63) is 72.4 Å². The van der Waals surface area contributed by atoms with Gasteiger partial charge in [-0.1, -0.05) is 81.8 Å². The topological polar surface area (TPSA) is 86.6 Å². The monoisotopic (exact) mass is 463 g/mol. The lowest BCUT2D eigenvalue weighted by molar-refractivity contribution is -0.148. The third-order valence-electron chi connectivity index (χ3n) is 8.28. The smallest absolute Gasteiger partial charge is 0.235 e. The van der Waals surface area contributed by atoms with Gasteiger partial charge in [-0.2, -0.15) is 0 Å². The lowest BCUT2D eigenvalue weighted by Crippen LogP contribution is -2.58. The van der Waals surface area contributed by atoms with Crippen LogP contribution in [0, 0.1) is 29.1 Å². The van der Waals surface area contributed by atoms with Crippen molar-refractivity contribution in [2.75, 3.05) is 0 Å². The molecule has 5 nitrogen and oxygen atoms in total. The van der Waals surface area contributed by atoms with E-state index in [4.69, 9.17) is 0 Å². The third kappa shape index (κ3) is 4.32. The average molecular weight is 464 g/mol. The first-order valence-electron chi connectivity index (χ1n) is 12.6. The number of aliphatic hydroxyl groups excluding tert-OH is 2. The minimum absolute atomic E-state index is 0.232. The zero-order valence-corrected chi connectivity index (χ0v) is 20.2. The van der Waals surface area contributed by atoms with Crippen LogP contribution in [0.4, 0.5) is 0 Å². The van der Waals surface area contributed by atoms with Gasteiger partial charge in [0.15, 0.2) is 5.78 Å². The molecule has 0 radical (unpaired) electrons. The van der Waals surface area contributed by atoms with Crippen molar-refractivity contribution >= 4 is 11.7 Å². The van der Waals surface area contributed by atoms with Gasteiger partial charge >= 0.3 is 0 Å². The number of hydrogen-bond donors (Lipinski definition) is 3. The Morgan fingerprint density at radius 3 is 2.56 bits per heavy atom. The van der Waals surface area contributed by atoms with Gasteiger partial charge in [0.25, 0.3) is 0 Å². The van der Waals surface area contributed by atoms with Crippen LogP contribution in [-0.2, 0) is 16.0 Å². The molecular weight excluding hydrogens is 426 g/mol. The molecule has 0 bridgehead atoms. The fourth-order valence-electron chi connectivity index (χ4n) is 6.37. The van der Waals surface area contributed by atoms with Crippen LogP contribution in [0.2, 0.25) is 0 Å². The van der Waals surface area contributed by atoms with E-state index in [1.165, 1.54) is 12.2 Å². The van der Waals surface area contributed by atoms with Gasteiger partial charge in [0.05, 0.1) is 12.2 Å². The van der Waals surface area contributed by atoms with Gasteiger partial charge in [-0.15, -0.1) is 0 Å². The van der Waals surface area contributed by atoms with Crippen LogP contribution in [-0.4, -0.2) is 40.2 Å². The molecule has 182 valence electrons. The second kappa shape index (κ2) is 10.0. The number of aliphatic hydroxyl groups is 2. The Hall–Kier alpha value is -2.50. The Labute approximate surface area is 202 Å². The Morgan fingerprint density at radius 2 is 1.82 bits per heavy atom. The standard InChI is InChI=1S/C29H37NO4/c1-18-9-7-13-22(31)15-16-25(32)29-23(14-8-10-18)27(33)20(3)19(2)26(29)24(30-28(29)34)17-21-11-5-4-6-12-21/h4-6,8,11-12,14-16,18-19,22-24,26-27,31,33H,3,7,9-10,13,17H2,1-2H3,(H,30,34)/b14-8+,16-15+/t18-,19-,22-,23?,24+,26+,27-,29-/m1/s1. The van der Waals surface area contributed by atoms with Crippen molar-refractivity contribution in [2.45, 2.75) is 64.2 Å². The lowest BCUT2D eigenvalue weighted by atomic mass is 9.52. The van der Waals surface area contributed by atoms with Gasteiger partial charge in [0.2, 0.25) is 5.91 Å². The Kier molecular flexibility index (Phi) is 7.25. The van der Waals surface area contributed by atoms with Crippen molar-refractivity contribution in [3.8, 4) is 0 Å². The van der Waals surface area contributed by atoms with E-state index in [2.05, 4.69) is 18.8 Å². The van der Waals surface area contributed by atoms with E-state index >= 15 is 0 Å². The summed E-state index contributed by atoms with van der Waals surface area (Å²) in [5.74, 6) is -1.57. The molecule has 3 aliphatic rings. The molecule has 1 saturated carbocycles. The molecule has 1 aromatic carbocycles. The number of allylic oxidation sites excluding steroid dienone is 2. The number of carbonyl (C=O) groups excluding carboxylic acids is 2. The van der Waals surface area contributed by atoms with Crippen LogP contribution in [0.1, 0.15) is 45.1 Å². The maximum absolute atomic E-state index is 13.9. The van der Waals surface area contributed by atoms with Crippen LogP contribution >= 0.6 is 0 Å². The largest absolute Gasteiger partial charge is 0.389 e. The number of benzene rings is 1. The quantitative estimate of drug-likeness (QED) is 0.460. The molecule has 2 aliphatic carbocycles. The summed E-state index contributed by atoms with van der Waals surface area (Å²) in [5, 5.41) is 24.9. The maximum Gasteiger partial charge on any atom is 0.235 e. The summed E-state index contributed by atoms with van der Waals surface area (Å²) in [7, 11) is 0. The van der Waals surface area contributed by atoms with Crippen LogP contribution in [0.15, 0.2) is 66.8 Å². The summed E-state index contributed by atoms with van der Waals surface area (Å²) in [6, 6.07) is 9.68. The molecule has 1 spiro atoms. The second-order valence-electron chi connectivity index (χ2n) is 10.5. The van der Waals surface area contributed by atoms with Crippen LogP contribution < -0.4 is 5.32 Å². The SMILES string of the molecule is C=C1[C@@H](O)C2/C=C/C[C@H](C)CCC[C@@H](O)/C=C/C(=O)[C@]23C(=O)N[C@@H](Cc2ccccc2)[C@@H]3[C@@H]1C. The van der Waals surface area contributed by atoms with E-state index < -0.39 is 23.5 Å². The van der Waals surface area contributed by atoms with Gasteiger partial charge in [0, 0.05) is 17.9 Å². The van der Waals surface area contributed by atoms with Crippen LogP contribution in [0.3, 0.4) is 0 Å². The molecule has 4 rings (SSSR count). The summed E-state index contributed by atoms with van der Waals surface area (Å²) in [5.41, 5.74) is 0.306. The molecule has 34 heavy (non-hydrogen) atoms. The van der Waals surface area contributed by atoms with E-state index in [0.717, 1.165) is 24.8 Å². The number of nitrogens with one attached hydrogen (secondary N) is 1. The van der Waals surface area contributed by atoms with Crippen molar-refractivity contribution in [1.82, 2.24) is 5.32 Å². The molecule has 1 unspecified atom stereocenters. The summed E-state index contributed by atoms with van der Waals surface area (Å²) >= 11 is 0. The number of amides is 1. The van der Waals surface area contributed by atoms with Crippen LogP contribution in [0.25, 0.3) is 0 Å². The first-order chi connectivity index (χ1) is 16.3. The molecule has 5 heteroatoms. The summed E-state index contributed by atoms with van der Waals surface area (Å²) in [6.45, 7) is 8.32. The number of rotatable bonds is 2. The summed E-state index contributed by atoms with van der Waals surface area (Å²) in [6.07, 6.45) is 8.88. The van der Waals surface area contributed by atoms with Crippen molar-refractivity contribution in [1.29, 1.82) is 0 Å². The summed E-state index contributed by atoms with van der Waals surface area (Å²) < 4.78 is 0. The summed E-state index contributed by atoms with van der Waals surface area (Å²) in [4.78, 5) is 27.7. The fourth-order valence-corrected chi connectivity index (χ4v) is 6.37. The first kappa shape index (κ1) is 24.6. The highest BCUT2D eigenvalue weighted by Gasteiger charge is 2.68. The van der Waals surface area contributed by atoms with E-state index in [1.807, 2.05) is 49.4 Å². The third-order valence-corrected chi connectivity index (χ3v) is 8.28. The number of carbonyl (C=O) groups is 2. The highest BCUT2D eigenvalue weighted by Crippen LogP contribution is 2.56. The van der Waals surface area contributed by atoms with E-state index in [-0.39, 0.29) is 29.6 Å². The van der Waals surface area contributed by atoms with E-state index in [9.17, 15) is 19.8 Å². The molecular formula is C29H37NO4. The zero-order valence-electron chi connectivity index (χ0n) is 20.2. The Balaban J connectivity index is 1.83. The molecule has 1 heterocycles. The second-order valence-corrected chi connectivity index (χ2v) is 10.5. The van der Waals surface area contributed by atoms with E-state index in [0.29, 0.717) is 24.3 Å². The first-order valence-corrected chi connectivity index (χ1v) is 12.6. The predicted molar refractivity (Wildman–Crippen MR) is 133 cm³/mol. The number of ketones is 1. The normalized spacial score (nSPS) is 40.7. The predicted octanol–water partition coefficient (Wildman–Crippen LogP) is 3.77. The average Bonchev–Trinajstić information content (AvgIpc) is 3.11.